The van der Waals surface area contributed by atoms with Crippen molar-refractivity contribution >= 4 is 11.3 Å². The van der Waals surface area contributed by atoms with Gasteiger partial charge in [-0.25, -0.2) is 4.98 Å². The molecule has 0 atom stereocenters. The lowest BCUT2D eigenvalue weighted by molar-refractivity contribution is 0.127. The Morgan fingerprint density at radius 1 is 1.40 bits per heavy atom. The Hall–Kier alpha value is -0.450. The van der Waals surface area contributed by atoms with E-state index in [9.17, 15) is 0 Å². The van der Waals surface area contributed by atoms with Crippen molar-refractivity contribution in [2.45, 2.75) is 39.8 Å². The molecule has 0 aliphatic carbocycles. The van der Waals surface area contributed by atoms with Gasteiger partial charge in [0, 0.05) is 24.1 Å². The molecular formula is C11H20N2OS. The van der Waals surface area contributed by atoms with E-state index in [0.717, 1.165) is 17.2 Å². The molecule has 3 nitrogen and oxygen atoms in total. The number of methoxy groups -OCH3 is 1. The van der Waals surface area contributed by atoms with Gasteiger partial charge in [0.05, 0.1) is 12.3 Å². The first kappa shape index (κ1) is 12.6. The second-order valence-electron chi connectivity index (χ2n) is 4.42. The number of aryl methyl sites for hydroxylation is 2. The van der Waals surface area contributed by atoms with Crippen molar-refractivity contribution in [3.63, 3.8) is 0 Å². The molecule has 1 heterocycles. The molecule has 0 saturated heterocycles. The van der Waals surface area contributed by atoms with Crippen LogP contribution in [0.4, 0.5) is 0 Å². The SMILES string of the molecule is COCC(C)(C)NCc1nc(C)c(C)s1. The Balaban J connectivity index is 2.49. The predicted octanol–water partition coefficient (Wildman–Crippen LogP) is 2.27. The van der Waals surface area contributed by atoms with Crippen LogP contribution in [-0.2, 0) is 11.3 Å². The van der Waals surface area contributed by atoms with Crippen molar-refractivity contribution in [2.75, 3.05) is 13.7 Å². The van der Waals surface area contributed by atoms with E-state index < -0.39 is 0 Å². The molecule has 0 bridgehead atoms. The van der Waals surface area contributed by atoms with Gasteiger partial charge in [-0.1, -0.05) is 0 Å². The monoisotopic (exact) mass is 228 g/mol. The van der Waals surface area contributed by atoms with Crippen molar-refractivity contribution in [1.29, 1.82) is 0 Å². The van der Waals surface area contributed by atoms with Gasteiger partial charge in [-0.3, -0.25) is 0 Å². The van der Waals surface area contributed by atoms with E-state index in [1.54, 1.807) is 18.4 Å². The maximum Gasteiger partial charge on any atom is 0.107 e. The Morgan fingerprint density at radius 3 is 2.53 bits per heavy atom. The molecule has 4 heteroatoms. The third kappa shape index (κ3) is 3.89. The summed E-state index contributed by atoms with van der Waals surface area (Å²) >= 11 is 1.76. The van der Waals surface area contributed by atoms with E-state index in [2.05, 4.69) is 38.0 Å². The smallest absolute Gasteiger partial charge is 0.107 e. The van der Waals surface area contributed by atoms with Gasteiger partial charge in [0.2, 0.25) is 0 Å². The lowest BCUT2D eigenvalue weighted by Gasteiger charge is -2.24. The molecular weight excluding hydrogens is 208 g/mol. The molecule has 15 heavy (non-hydrogen) atoms. The second-order valence-corrected chi connectivity index (χ2v) is 5.71. The summed E-state index contributed by atoms with van der Waals surface area (Å²) in [4.78, 5) is 5.79. The first-order valence-electron chi connectivity index (χ1n) is 5.11. The molecule has 0 unspecified atom stereocenters. The lowest BCUT2D eigenvalue weighted by atomic mass is 10.1. The third-order valence-corrected chi connectivity index (χ3v) is 3.37. The Morgan fingerprint density at radius 2 is 2.07 bits per heavy atom. The van der Waals surface area contributed by atoms with Gasteiger partial charge in [0.1, 0.15) is 5.01 Å². The zero-order valence-electron chi connectivity index (χ0n) is 10.2. The summed E-state index contributed by atoms with van der Waals surface area (Å²) in [6.07, 6.45) is 0. The van der Waals surface area contributed by atoms with Crippen LogP contribution in [0, 0.1) is 13.8 Å². The summed E-state index contributed by atoms with van der Waals surface area (Å²) in [6.45, 7) is 9.94. The maximum absolute atomic E-state index is 5.14. The molecule has 0 aliphatic rings. The first-order chi connectivity index (χ1) is 6.94. The molecule has 1 rings (SSSR count). The summed E-state index contributed by atoms with van der Waals surface area (Å²) in [7, 11) is 1.72. The van der Waals surface area contributed by atoms with Gasteiger partial charge in [-0.15, -0.1) is 11.3 Å². The van der Waals surface area contributed by atoms with E-state index in [1.807, 2.05) is 0 Å². The number of aromatic nitrogens is 1. The fourth-order valence-corrected chi connectivity index (χ4v) is 2.22. The maximum atomic E-state index is 5.14. The average molecular weight is 228 g/mol. The van der Waals surface area contributed by atoms with Crippen LogP contribution >= 0.6 is 11.3 Å². The van der Waals surface area contributed by atoms with Gasteiger partial charge in [0.25, 0.3) is 0 Å². The molecule has 0 amide bonds. The van der Waals surface area contributed by atoms with Gasteiger partial charge in [-0.05, 0) is 27.7 Å². The third-order valence-electron chi connectivity index (χ3n) is 2.30. The average Bonchev–Trinajstić information content (AvgIpc) is 2.44. The van der Waals surface area contributed by atoms with Crippen LogP contribution in [-0.4, -0.2) is 24.2 Å². The normalized spacial score (nSPS) is 12.1. The van der Waals surface area contributed by atoms with Crippen LogP contribution in [0.25, 0.3) is 0 Å². The summed E-state index contributed by atoms with van der Waals surface area (Å²) in [5.41, 5.74) is 1.14. The van der Waals surface area contributed by atoms with Gasteiger partial charge in [0.15, 0.2) is 0 Å². The summed E-state index contributed by atoms with van der Waals surface area (Å²) in [5, 5.41) is 4.59. The van der Waals surface area contributed by atoms with Crippen molar-refractivity contribution in [2.24, 2.45) is 0 Å². The molecule has 86 valence electrons. The number of nitrogens with one attached hydrogen (secondary N) is 1. The summed E-state index contributed by atoms with van der Waals surface area (Å²) in [6, 6.07) is 0. The van der Waals surface area contributed by atoms with Crippen LogP contribution in [0.15, 0.2) is 0 Å². The number of rotatable bonds is 5. The Kier molecular flexibility index (Phi) is 4.25. The minimum atomic E-state index is 0.00221. The molecule has 1 N–H and O–H groups in total. The molecule has 0 aromatic carbocycles. The van der Waals surface area contributed by atoms with Gasteiger partial charge in [-0.2, -0.15) is 0 Å². The van der Waals surface area contributed by atoms with Crippen LogP contribution < -0.4 is 5.32 Å². The highest BCUT2D eigenvalue weighted by molar-refractivity contribution is 7.11. The number of ether oxygens (including phenoxy) is 1. The molecule has 0 saturated carbocycles. The molecule has 0 spiro atoms. The molecule has 0 fully saturated rings. The van der Waals surface area contributed by atoms with Crippen molar-refractivity contribution < 1.29 is 4.74 Å². The van der Waals surface area contributed by atoms with Crippen LogP contribution in [0.3, 0.4) is 0 Å². The Labute approximate surface area is 95.9 Å². The molecule has 1 aromatic rings. The second kappa shape index (κ2) is 5.05. The zero-order chi connectivity index (χ0) is 11.5. The number of hydrogen-bond donors (Lipinski definition) is 1. The standard InChI is InChI=1S/C11H20N2OS/c1-8-9(2)15-10(13-8)6-12-11(3,4)7-14-5/h12H,6-7H2,1-5H3. The predicted molar refractivity (Wildman–Crippen MR) is 64.4 cm³/mol. The number of thiazole rings is 1. The molecule has 1 aromatic heterocycles. The quantitative estimate of drug-likeness (QED) is 0.839. The van der Waals surface area contributed by atoms with Crippen molar-refractivity contribution in [3.8, 4) is 0 Å². The topological polar surface area (TPSA) is 34.1 Å². The number of nitrogens with zero attached hydrogens (tertiary/aromatic N) is 1. The molecule has 0 radical (unpaired) electrons. The van der Waals surface area contributed by atoms with Crippen LogP contribution in [0.1, 0.15) is 29.4 Å². The minimum Gasteiger partial charge on any atom is -0.383 e. The van der Waals surface area contributed by atoms with E-state index in [4.69, 9.17) is 4.74 Å². The van der Waals surface area contributed by atoms with Gasteiger partial charge < -0.3 is 10.1 Å². The highest BCUT2D eigenvalue weighted by Gasteiger charge is 2.17. The van der Waals surface area contributed by atoms with Gasteiger partial charge >= 0.3 is 0 Å². The zero-order valence-corrected chi connectivity index (χ0v) is 11.0. The summed E-state index contributed by atoms with van der Waals surface area (Å²) < 4.78 is 5.14. The molecule has 0 aliphatic heterocycles. The highest BCUT2D eigenvalue weighted by atomic mass is 32.1. The fourth-order valence-electron chi connectivity index (χ4n) is 1.34. The van der Waals surface area contributed by atoms with Crippen molar-refractivity contribution in [3.05, 3.63) is 15.6 Å². The van der Waals surface area contributed by atoms with E-state index in [1.165, 1.54) is 4.88 Å². The largest absolute Gasteiger partial charge is 0.383 e. The number of hydrogen-bond acceptors (Lipinski definition) is 4. The van der Waals surface area contributed by atoms with E-state index in [-0.39, 0.29) is 5.54 Å². The summed E-state index contributed by atoms with van der Waals surface area (Å²) in [5.74, 6) is 0. The van der Waals surface area contributed by atoms with E-state index in [0.29, 0.717) is 6.61 Å². The minimum absolute atomic E-state index is 0.00221. The fraction of sp³-hybridized carbons (Fsp3) is 0.727. The Bertz CT molecular complexity index is 301. The van der Waals surface area contributed by atoms with E-state index >= 15 is 0 Å². The van der Waals surface area contributed by atoms with Crippen molar-refractivity contribution in [1.82, 2.24) is 10.3 Å². The van der Waals surface area contributed by atoms with Crippen LogP contribution in [0.2, 0.25) is 0 Å². The van der Waals surface area contributed by atoms with Crippen LogP contribution in [0.5, 0.6) is 0 Å². The highest BCUT2D eigenvalue weighted by Crippen LogP contribution is 2.17. The lowest BCUT2D eigenvalue weighted by Crippen LogP contribution is -2.42. The first-order valence-corrected chi connectivity index (χ1v) is 5.93.